The van der Waals surface area contributed by atoms with E-state index in [1.807, 2.05) is 13.8 Å². The number of nitrogens with one attached hydrogen (secondary N) is 2. The molecule has 1 aliphatic carbocycles. The van der Waals surface area contributed by atoms with E-state index < -0.39 is 58.3 Å². The molecule has 0 aromatic heterocycles. The SMILES string of the molecule is CC(C)(C)[C@H](NC(=O)C(F)(F)F)C(=O)N1CC2C(C)(C)C2([C@@H](N)C[C@@H]2CCNC2=O)C1C(N)=O. The fraction of sp³-hybridized carbons (Fsp3) is 0.818. The first-order valence-electron chi connectivity index (χ1n) is 11.4. The molecule has 0 spiro atoms. The summed E-state index contributed by atoms with van der Waals surface area (Å²) in [6, 6.07) is -3.36. The van der Waals surface area contributed by atoms with Gasteiger partial charge in [-0.05, 0) is 29.6 Å². The molecule has 6 N–H and O–H groups in total. The van der Waals surface area contributed by atoms with E-state index in [0.717, 1.165) is 0 Å². The minimum atomic E-state index is -5.17. The van der Waals surface area contributed by atoms with Gasteiger partial charge in [-0.25, -0.2) is 0 Å². The van der Waals surface area contributed by atoms with Crippen molar-refractivity contribution in [3.8, 4) is 0 Å². The molecule has 0 bridgehead atoms. The van der Waals surface area contributed by atoms with Gasteiger partial charge in [-0.1, -0.05) is 34.6 Å². The lowest BCUT2D eigenvalue weighted by Crippen LogP contribution is -2.62. The molecule has 3 fully saturated rings. The second kappa shape index (κ2) is 8.10. The maximum absolute atomic E-state index is 13.5. The molecule has 1 saturated carbocycles. The van der Waals surface area contributed by atoms with E-state index in [9.17, 15) is 32.3 Å². The van der Waals surface area contributed by atoms with E-state index in [1.54, 1.807) is 5.32 Å². The standard InChI is InChI=1S/C22H34F3N5O4/c1-19(2,3)13(29-18(34)22(23,24)25)17(33)30-9-11-20(4,5)21(11,14(30)15(27)31)12(26)8-10-6-7-28-16(10)32/h10-14H,6-9,26H2,1-5H3,(H2,27,31)(H,28,32)(H,29,34)/t10-,11?,12-,13+,14?,21?/m0/s1. The molecule has 3 rings (SSSR count). The fourth-order valence-electron chi connectivity index (χ4n) is 6.37. The van der Waals surface area contributed by atoms with Crippen LogP contribution < -0.4 is 22.1 Å². The lowest BCUT2D eigenvalue weighted by Gasteiger charge is -2.41. The quantitative estimate of drug-likeness (QED) is 0.423. The van der Waals surface area contributed by atoms with Crippen molar-refractivity contribution in [2.45, 2.75) is 71.8 Å². The Morgan fingerprint density at radius 3 is 2.26 bits per heavy atom. The van der Waals surface area contributed by atoms with Crippen LogP contribution in [-0.4, -0.2) is 65.9 Å². The van der Waals surface area contributed by atoms with Crippen molar-refractivity contribution in [1.29, 1.82) is 0 Å². The van der Waals surface area contributed by atoms with Gasteiger partial charge in [0, 0.05) is 30.5 Å². The third-order valence-corrected chi connectivity index (χ3v) is 8.14. The molecule has 2 aliphatic heterocycles. The highest BCUT2D eigenvalue weighted by molar-refractivity contribution is 5.95. The van der Waals surface area contributed by atoms with E-state index in [4.69, 9.17) is 11.5 Å². The second-order valence-corrected chi connectivity index (χ2v) is 11.4. The molecule has 4 amide bonds. The Labute approximate surface area is 196 Å². The van der Waals surface area contributed by atoms with Crippen molar-refractivity contribution in [3.05, 3.63) is 0 Å². The van der Waals surface area contributed by atoms with Crippen LogP contribution in [0.1, 0.15) is 47.5 Å². The number of hydrogen-bond donors (Lipinski definition) is 4. The highest BCUT2D eigenvalue weighted by Crippen LogP contribution is 2.76. The van der Waals surface area contributed by atoms with Gasteiger partial charge in [-0.2, -0.15) is 13.2 Å². The van der Waals surface area contributed by atoms with Gasteiger partial charge in [0.05, 0.1) is 0 Å². The first-order valence-corrected chi connectivity index (χ1v) is 11.4. The fourth-order valence-corrected chi connectivity index (χ4v) is 6.37. The molecule has 3 unspecified atom stereocenters. The lowest BCUT2D eigenvalue weighted by molar-refractivity contribution is -0.176. The number of nitrogens with zero attached hydrogens (tertiary/aromatic N) is 1. The second-order valence-electron chi connectivity index (χ2n) is 11.4. The predicted octanol–water partition coefficient (Wildman–Crippen LogP) is 0.272. The van der Waals surface area contributed by atoms with Gasteiger partial charge in [0.15, 0.2) is 0 Å². The molecule has 2 heterocycles. The monoisotopic (exact) mass is 489 g/mol. The number of nitrogens with two attached hydrogens (primary N) is 2. The van der Waals surface area contributed by atoms with E-state index in [2.05, 4.69) is 5.32 Å². The van der Waals surface area contributed by atoms with Crippen LogP contribution in [0.3, 0.4) is 0 Å². The van der Waals surface area contributed by atoms with Gasteiger partial charge in [0.2, 0.25) is 17.7 Å². The molecule has 12 heteroatoms. The number of alkyl halides is 3. The molecule has 192 valence electrons. The Morgan fingerprint density at radius 1 is 1.24 bits per heavy atom. The van der Waals surface area contributed by atoms with Crippen LogP contribution in [0.15, 0.2) is 0 Å². The lowest BCUT2D eigenvalue weighted by atomic mass is 9.76. The van der Waals surface area contributed by atoms with Crippen LogP contribution in [0.4, 0.5) is 13.2 Å². The van der Waals surface area contributed by atoms with Crippen LogP contribution in [-0.2, 0) is 19.2 Å². The smallest absolute Gasteiger partial charge is 0.368 e. The number of fused-ring (bicyclic) bond motifs is 1. The summed E-state index contributed by atoms with van der Waals surface area (Å²) in [6.45, 7) is 8.99. The van der Waals surface area contributed by atoms with Gasteiger partial charge in [-0.15, -0.1) is 0 Å². The van der Waals surface area contributed by atoms with Crippen LogP contribution in [0.2, 0.25) is 0 Å². The van der Waals surface area contributed by atoms with E-state index in [0.29, 0.717) is 19.4 Å². The molecular weight excluding hydrogens is 455 g/mol. The largest absolute Gasteiger partial charge is 0.471 e. The highest BCUT2D eigenvalue weighted by Gasteiger charge is 2.82. The Balaban J connectivity index is 1.94. The molecule has 0 radical (unpaired) electrons. The zero-order chi connectivity index (χ0) is 26.0. The molecule has 2 saturated heterocycles. The predicted molar refractivity (Wildman–Crippen MR) is 116 cm³/mol. The average Bonchev–Trinajstić information content (AvgIpc) is 3.03. The zero-order valence-electron chi connectivity index (χ0n) is 20.1. The molecular formula is C22H34F3N5O4. The number of carbonyl (C=O) groups excluding carboxylic acids is 4. The number of likely N-dealkylation sites (tertiary alicyclic amines) is 1. The molecule has 34 heavy (non-hydrogen) atoms. The van der Waals surface area contributed by atoms with E-state index in [-0.39, 0.29) is 24.3 Å². The van der Waals surface area contributed by atoms with Gasteiger partial charge in [0.1, 0.15) is 12.1 Å². The van der Waals surface area contributed by atoms with Crippen molar-refractivity contribution in [2.24, 2.45) is 39.5 Å². The van der Waals surface area contributed by atoms with E-state index in [1.165, 1.54) is 25.7 Å². The number of amides is 4. The zero-order valence-corrected chi connectivity index (χ0v) is 20.1. The molecule has 9 nitrogen and oxygen atoms in total. The number of rotatable bonds is 6. The summed E-state index contributed by atoms with van der Waals surface area (Å²) in [5, 5.41) is 4.55. The summed E-state index contributed by atoms with van der Waals surface area (Å²) >= 11 is 0. The number of hydrogen-bond acceptors (Lipinski definition) is 5. The molecule has 0 aromatic carbocycles. The molecule has 6 atom stereocenters. The maximum atomic E-state index is 13.5. The van der Waals surface area contributed by atoms with Gasteiger partial charge < -0.3 is 27.0 Å². The number of halogens is 3. The first-order chi connectivity index (χ1) is 15.4. The Kier molecular flexibility index (Phi) is 6.25. The van der Waals surface area contributed by atoms with Gasteiger partial charge >= 0.3 is 12.1 Å². The maximum Gasteiger partial charge on any atom is 0.471 e. The average molecular weight is 490 g/mol. The van der Waals surface area contributed by atoms with Gasteiger partial charge in [0.25, 0.3) is 0 Å². The minimum absolute atomic E-state index is 0.0679. The van der Waals surface area contributed by atoms with Crippen molar-refractivity contribution in [2.75, 3.05) is 13.1 Å². The highest BCUT2D eigenvalue weighted by atomic mass is 19.4. The Hall–Kier alpha value is -2.37. The normalized spacial score (nSPS) is 32.0. The third kappa shape index (κ3) is 3.93. The van der Waals surface area contributed by atoms with E-state index >= 15 is 0 Å². The summed E-state index contributed by atoms with van der Waals surface area (Å²) in [7, 11) is 0. The van der Waals surface area contributed by atoms with Crippen LogP contribution in [0.5, 0.6) is 0 Å². The third-order valence-electron chi connectivity index (χ3n) is 8.14. The van der Waals surface area contributed by atoms with Crippen LogP contribution in [0, 0.1) is 28.1 Å². The minimum Gasteiger partial charge on any atom is -0.368 e. The Morgan fingerprint density at radius 2 is 1.82 bits per heavy atom. The van der Waals surface area contributed by atoms with Crippen LogP contribution in [0.25, 0.3) is 0 Å². The number of piperidine rings is 1. The Bertz CT molecular complexity index is 900. The number of carbonyl (C=O) groups is 4. The van der Waals surface area contributed by atoms with Crippen molar-refractivity contribution < 1.29 is 32.3 Å². The van der Waals surface area contributed by atoms with Gasteiger partial charge in [-0.3, -0.25) is 19.2 Å². The van der Waals surface area contributed by atoms with Crippen molar-refractivity contribution in [3.63, 3.8) is 0 Å². The summed E-state index contributed by atoms with van der Waals surface area (Å²) in [5.41, 5.74) is 9.90. The summed E-state index contributed by atoms with van der Waals surface area (Å²) < 4.78 is 38.8. The summed E-state index contributed by atoms with van der Waals surface area (Å²) in [4.78, 5) is 51.2. The summed E-state index contributed by atoms with van der Waals surface area (Å²) in [5.74, 6) is -4.55. The van der Waals surface area contributed by atoms with Crippen molar-refractivity contribution in [1.82, 2.24) is 15.5 Å². The summed E-state index contributed by atoms with van der Waals surface area (Å²) in [6.07, 6.45) is -4.27. The molecule has 3 aliphatic rings. The molecule has 0 aromatic rings. The number of primary amides is 1. The topological polar surface area (TPSA) is 148 Å². The van der Waals surface area contributed by atoms with Crippen LogP contribution >= 0.6 is 0 Å². The first kappa shape index (κ1) is 26.2. The van der Waals surface area contributed by atoms with Crippen molar-refractivity contribution >= 4 is 23.6 Å².